The number of amides is 1. The second kappa shape index (κ2) is 15.4. The first-order valence-corrected chi connectivity index (χ1v) is 14.1. The van der Waals surface area contributed by atoms with E-state index in [1.54, 1.807) is 6.08 Å². The fraction of sp³-hybridized carbons (Fsp3) is 0.375. The Morgan fingerprint density at radius 3 is 2.29 bits per heavy atom. The van der Waals surface area contributed by atoms with Gasteiger partial charge < -0.3 is 21.3 Å². The molecule has 1 saturated carbocycles. The zero-order chi connectivity index (χ0) is 27.2. The molecule has 0 aromatic heterocycles. The summed E-state index contributed by atoms with van der Waals surface area (Å²) in [5.41, 5.74) is 3.18. The van der Waals surface area contributed by atoms with Gasteiger partial charge in [0, 0.05) is 12.1 Å². The molecule has 2 fully saturated rings. The van der Waals surface area contributed by atoms with Crippen LogP contribution < -0.4 is 21.3 Å². The number of allylic oxidation sites excluding steroid dienone is 1. The lowest BCUT2D eigenvalue weighted by Gasteiger charge is -2.23. The predicted molar refractivity (Wildman–Crippen MR) is 165 cm³/mol. The topological polar surface area (TPSA) is 65.2 Å². The SMILES string of the molecule is C1CCNC1.CCC=CC(=O)NCc1ccccc1C(=S)NC1(c2cccc3ccccc23)CC1.CNC. The average molecular weight is 531 g/mol. The van der Waals surface area contributed by atoms with Gasteiger partial charge in [-0.1, -0.05) is 91.9 Å². The lowest BCUT2D eigenvalue weighted by Crippen LogP contribution is -2.35. The van der Waals surface area contributed by atoms with Crippen LogP contribution in [0.25, 0.3) is 10.8 Å². The highest BCUT2D eigenvalue weighted by atomic mass is 32.1. The number of rotatable bonds is 7. The van der Waals surface area contributed by atoms with Crippen LogP contribution in [0.5, 0.6) is 0 Å². The van der Waals surface area contributed by atoms with Gasteiger partial charge in [0.05, 0.1) is 5.54 Å². The molecule has 1 saturated heterocycles. The molecule has 0 atom stereocenters. The highest BCUT2D eigenvalue weighted by molar-refractivity contribution is 7.80. The Kier molecular flexibility index (Phi) is 11.9. The summed E-state index contributed by atoms with van der Waals surface area (Å²) in [7, 11) is 3.75. The molecule has 1 aliphatic heterocycles. The van der Waals surface area contributed by atoms with Gasteiger partial charge >= 0.3 is 0 Å². The molecule has 3 aromatic rings. The Morgan fingerprint density at radius 2 is 1.63 bits per heavy atom. The summed E-state index contributed by atoms with van der Waals surface area (Å²) in [5.74, 6) is -0.0834. The van der Waals surface area contributed by atoms with Crippen molar-refractivity contribution in [1.82, 2.24) is 21.3 Å². The van der Waals surface area contributed by atoms with Crippen LogP contribution in [-0.2, 0) is 16.9 Å². The minimum atomic E-state index is -0.113. The van der Waals surface area contributed by atoms with Crippen molar-refractivity contribution in [3.05, 3.63) is 95.6 Å². The average Bonchev–Trinajstić information content (AvgIpc) is 3.44. The first kappa shape index (κ1) is 29.5. The van der Waals surface area contributed by atoms with Gasteiger partial charge in [-0.2, -0.15) is 0 Å². The summed E-state index contributed by atoms with van der Waals surface area (Å²) in [5, 5.41) is 15.1. The van der Waals surface area contributed by atoms with E-state index in [1.807, 2.05) is 51.4 Å². The third-order valence-electron chi connectivity index (χ3n) is 6.59. The lowest BCUT2D eigenvalue weighted by atomic mass is 9.96. The van der Waals surface area contributed by atoms with Gasteiger partial charge in [-0.3, -0.25) is 4.79 Å². The summed E-state index contributed by atoms with van der Waals surface area (Å²) >= 11 is 5.83. The maximum atomic E-state index is 12.0. The Bertz CT molecular complexity index is 1200. The van der Waals surface area contributed by atoms with E-state index in [2.05, 4.69) is 63.7 Å². The van der Waals surface area contributed by atoms with Crippen LogP contribution in [0.15, 0.2) is 78.9 Å². The smallest absolute Gasteiger partial charge is 0.243 e. The van der Waals surface area contributed by atoms with E-state index in [1.165, 1.54) is 42.3 Å². The predicted octanol–water partition coefficient (Wildman–Crippen LogP) is 5.58. The number of hydrogen-bond acceptors (Lipinski definition) is 4. The van der Waals surface area contributed by atoms with Gasteiger partial charge in [-0.15, -0.1) is 0 Å². The lowest BCUT2D eigenvalue weighted by molar-refractivity contribution is -0.116. The largest absolute Gasteiger partial charge is 0.366 e. The molecule has 3 aromatic carbocycles. The highest BCUT2D eigenvalue weighted by Crippen LogP contribution is 2.48. The van der Waals surface area contributed by atoms with Crippen LogP contribution in [0, 0.1) is 0 Å². The van der Waals surface area contributed by atoms with Crippen LogP contribution in [0.3, 0.4) is 0 Å². The van der Waals surface area contributed by atoms with Crippen molar-refractivity contribution in [2.75, 3.05) is 27.2 Å². The van der Waals surface area contributed by atoms with E-state index in [0.717, 1.165) is 35.4 Å². The van der Waals surface area contributed by atoms with E-state index in [4.69, 9.17) is 12.2 Å². The Hall–Kier alpha value is -3.06. The molecule has 2 aliphatic rings. The Morgan fingerprint density at radius 1 is 0.974 bits per heavy atom. The monoisotopic (exact) mass is 530 g/mol. The van der Waals surface area contributed by atoms with Gasteiger partial charge in [0.1, 0.15) is 4.99 Å². The fourth-order valence-electron chi connectivity index (χ4n) is 4.50. The van der Waals surface area contributed by atoms with Crippen molar-refractivity contribution in [1.29, 1.82) is 0 Å². The van der Waals surface area contributed by atoms with E-state index < -0.39 is 0 Å². The number of thiocarbonyl (C=S) groups is 1. The van der Waals surface area contributed by atoms with Crippen LogP contribution in [-0.4, -0.2) is 38.1 Å². The molecule has 5 rings (SSSR count). The maximum Gasteiger partial charge on any atom is 0.243 e. The summed E-state index contributed by atoms with van der Waals surface area (Å²) < 4.78 is 0. The quantitative estimate of drug-likeness (QED) is 0.237. The van der Waals surface area contributed by atoms with Crippen LogP contribution in [0.4, 0.5) is 0 Å². The Balaban J connectivity index is 0.000000433. The molecule has 0 bridgehead atoms. The van der Waals surface area contributed by atoms with Gasteiger partial charge in [0.15, 0.2) is 0 Å². The number of nitrogens with one attached hydrogen (secondary N) is 4. The molecular weight excluding hydrogens is 488 g/mol. The summed E-state index contributed by atoms with van der Waals surface area (Å²) in [6.07, 6.45) is 9.17. The molecule has 1 heterocycles. The van der Waals surface area contributed by atoms with Crippen molar-refractivity contribution < 1.29 is 4.79 Å². The maximum absolute atomic E-state index is 12.0. The molecule has 38 heavy (non-hydrogen) atoms. The van der Waals surface area contributed by atoms with Crippen molar-refractivity contribution >= 4 is 33.9 Å². The molecule has 0 radical (unpaired) electrons. The molecular formula is C32H42N4OS. The van der Waals surface area contributed by atoms with Gasteiger partial charge in [-0.25, -0.2) is 0 Å². The van der Waals surface area contributed by atoms with E-state index in [9.17, 15) is 4.79 Å². The molecule has 0 spiro atoms. The summed E-state index contributed by atoms with van der Waals surface area (Å²) in [6.45, 7) is 4.96. The second-order valence-corrected chi connectivity index (χ2v) is 10.1. The third kappa shape index (κ3) is 8.48. The van der Waals surface area contributed by atoms with Crippen LogP contribution in [0.2, 0.25) is 0 Å². The molecule has 1 amide bonds. The van der Waals surface area contributed by atoms with E-state index in [0.29, 0.717) is 6.54 Å². The van der Waals surface area contributed by atoms with Crippen molar-refractivity contribution in [2.45, 2.75) is 51.1 Å². The number of fused-ring (bicyclic) bond motifs is 1. The minimum Gasteiger partial charge on any atom is -0.366 e. The third-order valence-corrected chi connectivity index (χ3v) is 6.91. The van der Waals surface area contributed by atoms with E-state index in [-0.39, 0.29) is 11.4 Å². The van der Waals surface area contributed by atoms with Crippen molar-refractivity contribution in [3.63, 3.8) is 0 Å². The molecule has 6 heteroatoms. The number of carbonyl (C=O) groups excluding carboxylic acids is 1. The van der Waals surface area contributed by atoms with Crippen LogP contribution in [0.1, 0.15) is 55.7 Å². The molecule has 4 N–H and O–H groups in total. The summed E-state index contributed by atoms with van der Waals surface area (Å²) in [4.78, 5) is 12.7. The molecule has 5 nitrogen and oxygen atoms in total. The fourth-order valence-corrected chi connectivity index (χ4v) is 4.90. The molecule has 1 aliphatic carbocycles. The van der Waals surface area contributed by atoms with Crippen molar-refractivity contribution in [3.8, 4) is 0 Å². The molecule has 0 unspecified atom stereocenters. The molecule has 202 valence electrons. The normalized spacial score (nSPS) is 15.1. The van der Waals surface area contributed by atoms with Gasteiger partial charge in [-0.05, 0) is 87.3 Å². The first-order chi connectivity index (χ1) is 18.5. The Labute approximate surface area is 233 Å². The number of carbonyl (C=O) groups is 1. The zero-order valence-corrected chi connectivity index (χ0v) is 23.8. The zero-order valence-electron chi connectivity index (χ0n) is 23.0. The van der Waals surface area contributed by atoms with Crippen molar-refractivity contribution in [2.24, 2.45) is 0 Å². The van der Waals surface area contributed by atoms with E-state index >= 15 is 0 Å². The number of benzene rings is 3. The number of hydrogen-bond donors (Lipinski definition) is 4. The van der Waals surface area contributed by atoms with Gasteiger partial charge in [0.25, 0.3) is 0 Å². The first-order valence-electron chi connectivity index (χ1n) is 13.7. The highest BCUT2D eigenvalue weighted by Gasteiger charge is 2.46. The summed E-state index contributed by atoms with van der Waals surface area (Å²) in [6, 6.07) is 23.0. The van der Waals surface area contributed by atoms with Crippen LogP contribution >= 0.6 is 12.2 Å². The minimum absolute atomic E-state index is 0.0834. The second-order valence-electron chi connectivity index (χ2n) is 9.71. The standard InChI is InChI=1S/C26H26N2OS.C4H9N.C2H7N/c1-2-3-15-24(29)27-18-20-10-5-7-13-22(20)25(30)28-26(16-17-26)23-14-8-11-19-9-4-6-12-21(19)23;1-2-4-5-3-1;1-3-2/h3-15H,2,16-18H2,1H3,(H,27,29)(H,28,30);5H,1-4H2;3H,1-2H3. The van der Waals surface area contributed by atoms with Gasteiger partial charge in [0.2, 0.25) is 5.91 Å².